The van der Waals surface area contributed by atoms with Crippen molar-refractivity contribution in [3.63, 3.8) is 0 Å². The molecule has 1 saturated carbocycles. The van der Waals surface area contributed by atoms with E-state index in [0.717, 1.165) is 24.2 Å². The highest BCUT2D eigenvalue weighted by molar-refractivity contribution is 5.77. The molecule has 1 aromatic carbocycles. The van der Waals surface area contributed by atoms with Crippen molar-refractivity contribution in [3.8, 4) is 5.75 Å². The zero-order chi connectivity index (χ0) is 16.8. The van der Waals surface area contributed by atoms with E-state index in [0.29, 0.717) is 19.3 Å². The molecule has 1 unspecified atom stereocenters. The standard InChI is InChI=1S/C18H25NO4/c1-12(9-13-5-3-4-6-16(13)23-2)10-17(20)19-15-8-7-14(11-15)18(21)22/h3-6,12,14-15H,7-11H2,1-2H3,(H,19,20)(H,21,22)/t12?,14-,15+/m0/s1. The number of amides is 1. The van der Waals surface area contributed by atoms with Gasteiger partial charge in [0.2, 0.25) is 5.91 Å². The number of carboxylic acids is 1. The van der Waals surface area contributed by atoms with E-state index in [9.17, 15) is 9.59 Å². The Kier molecular flexibility index (Phi) is 6.02. The SMILES string of the molecule is COc1ccccc1CC(C)CC(=O)N[C@@H]1CC[C@H](C(=O)O)C1. The van der Waals surface area contributed by atoms with Gasteiger partial charge in [0.25, 0.3) is 0 Å². The van der Waals surface area contributed by atoms with Gasteiger partial charge in [-0.3, -0.25) is 9.59 Å². The van der Waals surface area contributed by atoms with Crippen LogP contribution < -0.4 is 10.1 Å². The Morgan fingerprint density at radius 3 is 2.74 bits per heavy atom. The lowest BCUT2D eigenvalue weighted by Crippen LogP contribution is -2.34. The van der Waals surface area contributed by atoms with Crippen LogP contribution in [0.15, 0.2) is 24.3 Å². The number of carbonyl (C=O) groups is 2. The van der Waals surface area contributed by atoms with Crippen molar-refractivity contribution in [2.24, 2.45) is 11.8 Å². The summed E-state index contributed by atoms with van der Waals surface area (Å²) in [5, 5.41) is 12.0. The van der Waals surface area contributed by atoms with Crippen molar-refractivity contribution in [2.75, 3.05) is 7.11 Å². The van der Waals surface area contributed by atoms with Gasteiger partial charge in [0.15, 0.2) is 0 Å². The fourth-order valence-corrected chi connectivity index (χ4v) is 3.26. The number of hydrogen-bond donors (Lipinski definition) is 2. The number of carboxylic acid groups (broad SMARTS) is 1. The number of rotatable bonds is 7. The maximum absolute atomic E-state index is 12.1. The molecule has 2 N–H and O–H groups in total. The summed E-state index contributed by atoms with van der Waals surface area (Å²) in [5.74, 6) is -0.0242. The molecule has 0 saturated heterocycles. The molecule has 5 nitrogen and oxygen atoms in total. The van der Waals surface area contributed by atoms with Gasteiger partial charge in [-0.15, -0.1) is 0 Å². The molecular formula is C18H25NO4. The molecule has 0 bridgehead atoms. The van der Waals surface area contributed by atoms with Crippen molar-refractivity contribution in [3.05, 3.63) is 29.8 Å². The third-order valence-corrected chi connectivity index (χ3v) is 4.44. The number of carbonyl (C=O) groups excluding carboxylic acids is 1. The van der Waals surface area contributed by atoms with Crippen molar-refractivity contribution in [2.45, 2.75) is 45.1 Å². The number of hydrogen-bond acceptors (Lipinski definition) is 3. The van der Waals surface area contributed by atoms with Crippen LogP contribution >= 0.6 is 0 Å². The first-order valence-corrected chi connectivity index (χ1v) is 8.13. The van der Waals surface area contributed by atoms with Crippen LogP contribution in [-0.4, -0.2) is 30.1 Å². The summed E-state index contributed by atoms with van der Waals surface area (Å²) >= 11 is 0. The predicted molar refractivity (Wildman–Crippen MR) is 87.4 cm³/mol. The Morgan fingerprint density at radius 1 is 1.35 bits per heavy atom. The second kappa shape index (κ2) is 7.99. The molecule has 1 aliphatic rings. The minimum Gasteiger partial charge on any atom is -0.496 e. The third-order valence-electron chi connectivity index (χ3n) is 4.44. The molecule has 1 amide bonds. The molecule has 0 aromatic heterocycles. The smallest absolute Gasteiger partial charge is 0.306 e. The van der Waals surface area contributed by atoms with Crippen LogP contribution in [0.5, 0.6) is 5.75 Å². The van der Waals surface area contributed by atoms with Gasteiger partial charge in [-0.2, -0.15) is 0 Å². The van der Waals surface area contributed by atoms with E-state index in [1.54, 1.807) is 7.11 Å². The monoisotopic (exact) mass is 319 g/mol. The molecule has 1 fully saturated rings. The van der Waals surface area contributed by atoms with Crippen molar-refractivity contribution in [1.82, 2.24) is 5.32 Å². The van der Waals surface area contributed by atoms with Gasteiger partial charge in [-0.1, -0.05) is 25.1 Å². The van der Waals surface area contributed by atoms with E-state index in [2.05, 4.69) is 5.32 Å². The Labute approximate surface area is 137 Å². The summed E-state index contributed by atoms with van der Waals surface area (Å²) < 4.78 is 5.34. The van der Waals surface area contributed by atoms with E-state index in [4.69, 9.17) is 9.84 Å². The van der Waals surface area contributed by atoms with Gasteiger partial charge in [-0.25, -0.2) is 0 Å². The first-order valence-electron chi connectivity index (χ1n) is 8.13. The molecule has 126 valence electrons. The molecular weight excluding hydrogens is 294 g/mol. The van der Waals surface area contributed by atoms with Crippen LogP contribution in [0.3, 0.4) is 0 Å². The highest BCUT2D eigenvalue weighted by Crippen LogP contribution is 2.26. The minimum absolute atomic E-state index is 0.00191. The van der Waals surface area contributed by atoms with Crippen molar-refractivity contribution in [1.29, 1.82) is 0 Å². The molecule has 23 heavy (non-hydrogen) atoms. The number of aliphatic carboxylic acids is 1. The number of para-hydroxylation sites is 1. The van der Waals surface area contributed by atoms with Crippen LogP contribution in [-0.2, 0) is 16.0 Å². The maximum Gasteiger partial charge on any atom is 0.306 e. The van der Waals surface area contributed by atoms with Crippen LogP contribution in [0.2, 0.25) is 0 Å². The molecule has 1 aliphatic carbocycles. The minimum atomic E-state index is -0.758. The largest absolute Gasteiger partial charge is 0.496 e. The average Bonchev–Trinajstić information content (AvgIpc) is 2.96. The van der Waals surface area contributed by atoms with Crippen LogP contribution in [0.1, 0.15) is 38.2 Å². The number of benzene rings is 1. The highest BCUT2D eigenvalue weighted by Gasteiger charge is 2.30. The normalized spacial score (nSPS) is 21.7. The number of ether oxygens (including phenoxy) is 1. The fraction of sp³-hybridized carbons (Fsp3) is 0.556. The van der Waals surface area contributed by atoms with E-state index in [1.165, 1.54) is 0 Å². The fourth-order valence-electron chi connectivity index (χ4n) is 3.26. The lowest BCUT2D eigenvalue weighted by atomic mass is 9.97. The summed E-state index contributed by atoms with van der Waals surface area (Å²) in [6.07, 6.45) is 3.16. The van der Waals surface area contributed by atoms with Gasteiger partial charge in [0, 0.05) is 12.5 Å². The Balaban J connectivity index is 1.80. The molecule has 1 aromatic rings. The molecule has 3 atom stereocenters. The molecule has 2 rings (SSSR count). The van der Waals surface area contributed by atoms with E-state index in [-0.39, 0.29) is 23.8 Å². The highest BCUT2D eigenvalue weighted by atomic mass is 16.5. The van der Waals surface area contributed by atoms with Crippen LogP contribution in [0.4, 0.5) is 0 Å². The first-order chi connectivity index (χ1) is 11.0. The summed E-state index contributed by atoms with van der Waals surface area (Å²) in [4.78, 5) is 23.1. The maximum atomic E-state index is 12.1. The number of nitrogens with one attached hydrogen (secondary N) is 1. The van der Waals surface area contributed by atoms with Crippen molar-refractivity contribution >= 4 is 11.9 Å². The summed E-state index contributed by atoms with van der Waals surface area (Å²) in [6.45, 7) is 2.04. The molecule has 0 heterocycles. The van der Waals surface area contributed by atoms with Crippen LogP contribution in [0.25, 0.3) is 0 Å². The molecule has 0 radical (unpaired) electrons. The summed E-state index contributed by atoms with van der Waals surface area (Å²) in [7, 11) is 1.65. The lowest BCUT2D eigenvalue weighted by Gasteiger charge is -2.16. The summed E-state index contributed by atoms with van der Waals surface area (Å²) in [5.41, 5.74) is 1.10. The molecule has 0 spiro atoms. The van der Waals surface area contributed by atoms with E-state index >= 15 is 0 Å². The molecule has 0 aliphatic heterocycles. The topological polar surface area (TPSA) is 75.6 Å². The predicted octanol–water partition coefficient (Wildman–Crippen LogP) is 2.63. The zero-order valence-corrected chi connectivity index (χ0v) is 13.7. The van der Waals surface area contributed by atoms with E-state index in [1.807, 2.05) is 31.2 Å². The lowest BCUT2D eigenvalue weighted by molar-refractivity contribution is -0.141. The third kappa shape index (κ3) is 4.98. The van der Waals surface area contributed by atoms with Crippen molar-refractivity contribution < 1.29 is 19.4 Å². The van der Waals surface area contributed by atoms with Gasteiger partial charge in [0.05, 0.1) is 13.0 Å². The van der Waals surface area contributed by atoms with Gasteiger partial charge in [-0.05, 0) is 43.2 Å². The Hall–Kier alpha value is -2.04. The number of methoxy groups -OCH3 is 1. The summed E-state index contributed by atoms with van der Waals surface area (Å²) in [6, 6.07) is 7.84. The van der Waals surface area contributed by atoms with Gasteiger partial charge >= 0.3 is 5.97 Å². The second-order valence-electron chi connectivity index (χ2n) is 6.44. The average molecular weight is 319 g/mol. The molecule has 5 heteroatoms. The first kappa shape index (κ1) is 17.3. The Bertz CT molecular complexity index is 558. The van der Waals surface area contributed by atoms with Gasteiger partial charge < -0.3 is 15.2 Å². The Morgan fingerprint density at radius 2 is 2.09 bits per heavy atom. The quantitative estimate of drug-likeness (QED) is 0.810. The van der Waals surface area contributed by atoms with Gasteiger partial charge in [0.1, 0.15) is 5.75 Å². The van der Waals surface area contributed by atoms with E-state index < -0.39 is 5.97 Å². The second-order valence-corrected chi connectivity index (χ2v) is 6.44. The zero-order valence-electron chi connectivity index (χ0n) is 13.7. The van der Waals surface area contributed by atoms with Crippen LogP contribution in [0, 0.1) is 11.8 Å².